The molecular formula is C25H20BrNO. The predicted molar refractivity (Wildman–Crippen MR) is 120 cm³/mol. The summed E-state index contributed by atoms with van der Waals surface area (Å²) < 4.78 is 7.30. The van der Waals surface area contributed by atoms with Gasteiger partial charge in [-0.25, -0.2) is 4.98 Å². The Balaban J connectivity index is 1.97. The highest BCUT2D eigenvalue weighted by Gasteiger charge is 2.19. The highest BCUT2D eigenvalue weighted by molar-refractivity contribution is 9.10. The molecule has 0 unspecified atom stereocenters. The standard InChI is InChI=1S/C25H20BrNO/c1-3-8-19-16-22-21(9-4-2)24(18-10-6-5-7-11-18)28-25(22)27-23(19)17-12-14-20(26)15-13-17/h3-7,10-16H,1-2,8-9H2. The maximum atomic E-state index is 6.26. The van der Waals surface area contributed by atoms with Crippen molar-refractivity contribution in [1.82, 2.24) is 4.98 Å². The summed E-state index contributed by atoms with van der Waals surface area (Å²) in [6, 6.07) is 20.5. The van der Waals surface area contributed by atoms with Gasteiger partial charge in [-0.2, -0.15) is 0 Å². The molecule has 4 aromatic rings. The van der Waals surface area contributed by atoms with Gasteiger partial charge in [-0.3, -0.25) is 0 Å². The van der Waals surface area contributed by atoms with Gasteiger partial charge < -0.3 is 4.42 Å². The van der Waals surface area contributed by atoms with Gasteiger partial charge >= 0.3 is 0 Å². The van der Waals surface area contributed by atoms with Crippen molar-refractivity contribution in [2.24, 2.45) is 0 Å². The van der Waals surface area contributed by atoms with Gasteiger partial charge in [-0.05, 0) is 36.6 Å². The van der Waals surface area contributed by atoms with Crippen molar-refractivity contribution in [2.45, 2.75) is 12.8 Å². The molecule has 0 aliphatic heterocycles. The number of hydrogen-bond acceptors (Lipinski definition) is 2. The highest BCUT2D eigenvalue weighted by Crippen LogP contribution is 2.36. The number of fused-ring (bicyclic) bond motifs is 1. The van der Waals surface area contributed by atoms with E-state index in [2.05, 4.69) is 59.4 Å². The van der Waals surface area contributed by atoms with Crippen LogP contribution in [-0.4, -0.2) is 4.98 Å². The van der Waals surface area contributed by atoms with Crippen LogP contribution in [-0.2, 0) is 12.8 Å². The lowest BCUT2D eigenvalue weighted by atomic mass is 9.99. The second-order valence-electron chi connectivity index (χ2n) is 6.62. The zero-order chi connectivity index (χ0) is 19.5. The molecule has 0 amide bonds. The van der Waals surface area contributed by atoms with Crippen molar-refractivity contribution in [3.05, 3.63) is 102 Å². The fourth-order valence-corrected chi connectivity index (χ4v) is 3.72. The molecule has 0 bridgehead atoms. The number of furan rings is 1. The summed E-state index contributed by atoms with van der Waals surface area (Å²) in [7, 11) is 0. The number of benzene rings is 2. The van der Waals surface area contributed by atoms with Crippen LogP contribution in [0.15, 0.2) is 94.9 Å². The van der Waals surface area contributed by atoms with Crippen LogP contribution in [0.2, 0.25) is 0 Å². The van der Waals surface area contributed by atoms with Crippen LogP contribution in [0.1, 0.15) is 11.1 Å². The van der Waals surface area contributed by atoms with E-state index < -0.39 is 0 Å². The van der Waals surface area contributed by atoms with Crippen molar-refractivity contribution in [3.8, 4) is 22.6 Å². The topological polar surface area (TPSA) is 26.0 Å². The summed E-state index contributed by atoms with van der Waals surface area (Å²) in [4.78, 5) is 4.92. The molecule has 0 saturated carbocycles. The maximum Gasteiger partial charge on any atom is 0.227 e. The van der Waals surface area contributed by atoms with Gasteiger partial charge in [0.25, 0.3) is 0 Å². The number of rotatable bonds is 6. The molecule has 0 spiro atoms. The summed E-state index contributed by atoms with van der Waals surface area (Å²) in [5, 5.41) is 1.04. The van der Waals surface area contributed by atoms with Crippen LogP contribution in [0.4, 0.5) is 0 Å². The first kappa shape index (κ1) is 18.5. The molecule has 0 aliphatic carbocycles. The third-order valence-electron chi connectivity index (χ3n) is 4.73. The molecule has 2 nitrogen and oxygen atoms in total. The third kappa shape index (κ3) is 3.46. The van der Waals surface area contributed by atoms with E-state index in [1.807, 2.05) is 42.5 Å². The summed E-state index contributed by atoms with van der Waals surface area (Å²) >= 11 is 3.50. The lowest BCUT2D eigenvalue weighted by molar-refractivity contribution is 0.615. The van der Waals surface area contributed by atoms with Crippen molar-refractivity contribution >= 4 is 27.0 Å². The van der Waals surface area contributed by atoms with Crippen LogP contribution < -0.4 is 0 Å². The molecule has 0 fully saturated rings. The molecule has 4 rings (SSSR count). The second kappa shape index (κ2) is 7.99. The Labute approximate surface area is 173 Å². The number of halogens is 1. The first-order valence-electron chi connectivity index (χ1n) is 9.19. The lowest BCUT2D eigenvalue weighted by Gasteiger charge is -2.08. The number of hydrogen-bond donors (Lipinski definition) is 0. The van der Waals surface area contributed by atoms with E-state index in [1.54, 1.807) is 0 Å². The SMILES string of the molecule is C=CCc1cc2c(CC=C)c(-c3ccccc3)oc2nc1-c1ccc(Br)cc1. The van der Waals surface area contributed by atoms with E-state index in [0.29, 0.717) is 5.71 Å². The smallest absolute Gasteiger partial charge is 0.227 e. The van der Waals surface area contributed by atoms with E-state index in [0.717, 1.165) is 56.4 Å². The molecule has 28 heavy (non-hydrogen) atoms. The first-order chi connectivity index (χ1) is 13.7. The Hall–Kier alpha value is -2.91. The van der Waals surface area contributed by atoms with Gasteiger partial charge in [-0.15, -0.1) is 13.2 Å². The number of pyridine rings is 1. The average molecular weight is 430 g/mol. The summed E-state index contributed by atoms with van der Waals surface area (Å²) in [6.45, 7) is 7.85. The van der Waals surface area contributed by atoms with Crippen molar-refractivity contribution in [2.75, 3.05) is 0 Å². The van der Waals surface area contributed by atoms with Crippen molar-refractivity contribution < 1.29 is 4.42 Å². The first-order valence-corrected chi connectivity index (χ1v) is 9.99. The van der Waals surface area contributed by atoms with E-state index in [4.69, 9.17) is 9.40 Å². The van der Waals surface area contributed by atoms with E-state index >= 15 is 0 Å². The van der Waals surface area contributed by atoms with Crippen molar-refractivity contribution in [1.29, 1.82) is 0 Å². The largest absolute Gasteiger partial charge is 0.437 e. The Kier molecular flexibility index (Phi) is 5.27. The average Bonchev–Trinajstić information content (AvgIpc) is 3.07. The van der Waals surface area contributed by atoms with E-state index in [-0.39, 0.29) is 0 Å². The van der Waals surface area contributed by atoms with Crippen LogP contribution in [0.3, 0.4) is 0 Å². The van der Waals surface area contributed by atoms with Gasteiger partial charge in [-0.1, -0.05) is 70.5 Å². The number of nitrogens with zero attached hydrogens (tertiary/aromatic N) is 1. The Bertz CT molecular complexity index is 1140. The molecule has 3 heteroatoms. The fourth-order valence-electron chi connectivity index (χ4n) is 3.45. The van der Waals surface area contributed by atoms with Crippen molar-refractivity contribution in [3.63, 3.8) is 0 Å². The normalized spacial score (nSPS) is 10.9. The molecule has 138 valence electrons. The molecule has 0 radical (unpaired) electrons. The molecule has 0 saturated heterocycles. The van der Waals surface area contributed by atoms with Crippen LogP contribution in [0, 0.1) is 0 Å². The summed E-state index contributed by atoms with van der Waals surface area (Å²) in [6.07, 6.45) is 5.29. The molecule has 0 aliphatic rings. The molecular weight excluding hydrogens is 410 g/mol. The van der Waals surface area contributed by atoms with E-state index in [9.17, 15) is 0 Å². The maximum absolute atomic E-state index is 6.26. The van der Waals surface area contributed by atoms with E-state index in [1.165, 1.54) is 0 Å². The quantitative estimate of drug-likeness (QED) is 0.298. The zero-order valence-corrected chi connectivity index (χ0v) is 17.1. The molecule has 0 atom stereocenters. The molecule has 0 N–H and O–H groups in total. The van der Waals surface area contributed by atoms with Gasteiger partial charge in [0.05, 0.1) is 5.69 Å². The van der Waals surface area contributed by atoms with Crippen LogP contribution in [0.5, 0.6) is 0 Å². The fraction of sp³-hybridized carbons (Fsp3) is 0.0800. The third-order valence-corrected chi connectivity index (χ3v) is 5.26. The van der Waals surface area contributed by atoms with Gasteiger partial charge in [0.2, 0.25) is 5.71 Å². The van der Waals surface area contributed by atoms with Crippen LogP contribution >= 0.6 is 15.9 Å². The summed E-state index contributed by atoms with van der Waals surface area (Å²) in [5.74, 6) is 0.862. The molecule has 2 heterocycles. The predicted octanol–water partition coefficient (Wildman–Crippen LogP) is 7.38. The van der Waals surface area contributed by atoms with Gasteiger partial charge in [0, 0.05) is 26.5 Å². The monoisotopic (exact) mass is 429 g/mol. The number of aromatic nitrogens is 1. The van der Waals surface area contributed by atoms with Gasteiger partial charge in [0.15, 0.2) is 0 Å². The van der Waals surface area contributed by atoms with Crippen LogP contribution in [0.25, 0.3) is 33.7 Å². The number of allylic oxidation sites excluding steroid dienone is 2. The highest BCUT2D eigenvalue weighted by atomic mass is 79.9. The Morgan fingerprint density at radius 3 is 2.29 bits per heavy atom. The minimum absolute atomic E-state index is 0.654. The Morgan fingerprint density at radius 1 is 0.893 bits per heavy atom. The Morgan fingerprint density at radius 2 is 1.61 bits per heavy atom. The summed E-state index contributed by atoms with van der Waals surface area (Å²) in [5.41, 5.74) is 5.95. The van der Waals surface area contributed by atoms with Gasteiger partial charge in [0.1, 0.15) is 5.76 Å². The lowest BCUT2D eigenvalue weighted by Crippen LogP contribution is -1.93. The zero-order valence-electron chi connectivity index (χ0n) is 15.5. The minimum Gasteiger partial charge on any atom is -0.437 e. The minimum atomic E-state index is 0.654. The molecule has 2 aromatic heterocycles. The molecule has 2 aromatic carbocycles. The second-order valence-corrected chi connectivity index (χ2v) is 7.53.